The van der Waals surface area contributed by atoms with Crippen molar-refractivity contribution in [3.8, 4) is 0 Å². The maximum Gasteiger partial charge on any atom is 0.340 e. The van der Waals surface area contributed by atoms with Crippen molar-refractivity contribution in [3.05, 3.63) is 59.8 Å². The normalized spacial score (nSPS) is 18.2. The molecule has 0 bridgehead atoms. The van der Waals surface area contributed by atoms with Crippen LogP contribution in [0.5, 0.6) is 0 Å². The molecule has 1 aromatic carbocycles. The van der Waals surface area contributed by atoms with Gasteiger partial charge in [-0.05, 0) is 24.1 Å². The monoisotopic (exact) mass is 417 g/mol. The van der Waals surface area contributed by atoms with Gasteiger partial charge in [-0.3, -0.25) is 4.79 Å². The average molecular weight is 417 g/mol. The summed E-state index contributed by atoms with van der Waals surface area (Å²) in [5.41, 5.74) is 1.23. The molecule has 9 heteroatoms. The lowest BCUT2D eigenvalue weighted by molar-refractivity contribution is -0.144. The summed E-state index contributed by atoms with van der Waals surface area (Å²) in [4.78, 5) is 26.1. The zero-order valence-electron chi connectivity index (χ0n) is 16.1. The molecule has 0 fully saturated rings. The Morgan fingerprint density at radius 1 is 1.24 bits per heavy atom. The smallest absolute Gasteiger partial charge is 0.340 e. The lowest BCUT2D eigenvalue weighted by Crippen LogP contribution is -2.37. The number of amides is 1. The van der Waals surface area contributed by atoms with Gasteiger partial charge in [-0.25, -0.2) is 13.2 Å². The summed E-state index contributed by atoms with van der Waals surface area (Å²) in [6.45, 7) is 1.85. The van der Waals surface area contributed by atoms with Gasteiger partial charge in [0, 0.05) is 12.7 Å². The van der Waals surface area contributed by atoms with Gasteiger partial charge in [0.05, 0.1) is 17.4 Å². The third-order valence-electron chi connectivity index (χ3n) is 4.51. The van der Waals surface area contributed by atoms with Crippen molar-refractivity contribution in [1.82, 2.24) is 10.2 Å². The minimum Gasteiger partial charge on any atom is -0.452 e. The van der Waals surface area contributed by atoms with Crippen molar-refractivity contribution in [3.63, 3.8) is 0 Å². The van der Waals surface area contributed by atoms with Crippen LogP contribution >= 0.6 is 0 Å². The molecule has 2 aliphatic rings. The largest absolute Gasteiger partial charge is 0.452 e. The van der Waals surface area contributed by atoms with Crippen LogP contribution in [0.3, 0.4) is 0 Å². The highest BCUT2D eigenvalue weighted by Crippen LogP contribution is 2.19. The summed E-state index contributed by atoms with van der Waals surface area (Å²) in [6.07, 6.45) is 6.03. The predicted molar refractivity (Wildman–Crippen MR) is 108 cm³/mol. The number of hydrogen-bond donors (Lipinski definition) is 1. The highest BCUT2D eigenvalue weighted by Gasteiger charge is 2.25. The van der Waals surface area contributed by atoms with E-state index in [1.54, 1.807) is 4.90 Å². The summed E-state index contributed by atoms with van der Waals surface area (Å²) >= 11 is 0. The van der Waals surface area contributed by atoms with Crippen LogP contribution in [0.15, 0.2) is 58.7 Å². The fraction of sp³-hybridized carbons (Fsp3) is 0.350. The number of ether oxygens (including phenoxy) is 1. The molecule has 154 valence electrons. The van der Waals surface area contributed by atoms with Crippen LogP contribution in [0.2, 0.25) is 0 Å². The molecule has 1 amide bonds. The number of esters is 1. The molecule has 3 rings (SSSR count). The summed E-state index contributed by atoms with van der Waals surface area (Å²) < 4.78 is 31.8. The molecule has 1 unspecified atom stereocenters. The second kappa shape index (κ2) is 9.04. The van der Waals surface area contributed by atoms with Gasteiger partial charge in [-0.1, -0.05) is 43.7 Å². The topological polar surface area (TPSA) is 105 Å². The van der Waals surface area contributed by atoms with E-state index in [1.165, 1.54) is 18.4 Å². The van der Waals surface area contributed by atoms with E-state index >= 15 is 0 Å². The second-order valence-corrected chi connectivity index (χ2v) is 8.50. The Balaban J connectivity index is 1.56. The van der Waals surface area contributed by atoms with Gasteiger partial charge in [0.1, 0.15) is 5.84 Å². The van der Waals surface area contributed by atoms with Crippen molar-refractivity contribution >= 4 is 27.7 Å². The Morgan fingerprint density at radius 2 is 2.00 bits per heavy atom. The van der Waals surface area contributed by atoms with Crippen molar-refractivity contribution in [2.75, 3.05) is 18.9 Å². The van der Waals surface area contributed by atoms with E-state index in [0.717, 1.165) is 18.4 Å². The highest BCUT2D eigenvalue weighted by molar-refractivity contribution is 7.90. The molecule has 1 N–H and O–H groups in total. The van der Waals surface area contributed by atoms with Crippen molar-refractivity contribution in [2.45, 2.75) is 25.8 Å². The minimum atomic E-state index is -3.46. The maximum atomic E-state index is 12.3. The Bertz CT molecular complexity index is 967. The molecule has 8 nitrogen and oxygen atoms in total. The van der Waals surface area contributed by atoms with E-state index in [0.29, 0.717) is 0 Å². The summed E-state index contributed by atoms with van der Waals surface area (Å²) in [5, 5.41) is 2.90. The molecule has 0 saturated carbocycles. The molecule has 29 heavy (non-hydrogen) atoms. The number of rotatable bonds is 7. The molecule has 1 atom stereocenters. The quantitative estimate of drug-likeness (QED) is 0.677. The number of hydrogen-bond acceptors (Lipinski definition) is 6. The van der Waals surface area contributed by atoms with Crippen LogP contribution < -0.4 is 5.32 Å². The van der Waals surface area contributed by atoms with Gasteiger partial charge in [0.2, 0.25) is 0 Å². The third kappa shape index (κ3) is 5.54. The first kappa shape index (κ1) is 20.8. The van der Waals surface area contributed by atoms with Gasteiger partial charge in [-0.2, -0.15) is 0 Å². The first-order valence-electron chi connectivity index (χ1n) is 9.38. The van der Waals surface area contributed by atoms with Crippen LogP contribution in [-0.4, -0.2) is 49.9 Å². The Morgan fingerprint density at radius 3 is 2.72 bits per heavy atom. The average Bonchev–Trinajstić information content (AvgIpc) is 2.71. The Kier molecular flexibility index (Phi) is 6.48. The molecular formula is C20H23N3O5S. The number of nitrogens with zero attached hydrogens (tertiary/aromatic N) is 2. The van der Waals surface area contributed by atoms with E-state index in [1.807, 2.05) is 37.3 Å². The molecule has 2 heterocycles. The van der Waals surface area contributed by atoms with E-state index in [9.17, 15) is 18.0 Å². The first-order valence-corrected chi connectivity index (χ1v) is 11.0. The van der Waals surface area contributed by atoms with Gasteiger partial charge in [0.25, 0.3) is 15.9 Å². The molecule has 0 saturated heterocycles. The lowest BCUT2D eigenvalue weighted by atomic mass is 10.0. The zero-order chi connectivity index (χ0) is 20.9. The van der Waals surface area contributed by atoms with Crippen LogP contribution in [0, 0.1) is 0 Å². The minimum absolute atomic E-state index is 0.121. The lowest BCUT2D eigenvalue weighted by Gasteiger charge is -2.26. The van der Waals surface area contributed by atoms with Crippen LogP contribution in [0.4, 0.5) is 0 Å². The van der Waals surface area contributed by atoms with Crippen LogP contribution in [-0.2, 0) is 24.3 Å². The predicted octanol–water partition coefficient (Wildman–Crippen LogP) is 1.68. The van der Waals surface area contributed by atoms with Crippen molar-refractivity contribution in [1.29, 1.82) is 0 Å². The fourth-order valence-corrected chi connectivity index (χ4v) is 4.04. The zero-order valence-corrected chi connectivity index (χ0v) is 16.9. The molecule has 0 aromatic heterocycles. The third-order valence-corrected chi connectivity index (χ3v) is 5.67. The molecule has 0 radical (unpaired) electrons. The summed E-state index contributed by atoms with van der Waals surface area (Å²) in [5.74, 6) is -0.900. The molecule has 0 spiro atoms. The number of carbonyl (C=O) groups is 2. The van der Waals surface area contributed by atoms with Gasteiger partial charge >= 0.3 is 5.97 Å². The van der Waals surface area contributed by atoms with Crippen molar-refractivity contribution in [2.24, 2.45) is 4.40 Å². The number of benzene rings is 1. The SMILES string of the molecule is CCCC(NC(=O)COC(=O)C1=CN2CCS(=O)(=O)N=C2C=C1)c1ccccc1. The van der Waals surface area contributed by atoms with E-state index < -0.39 is 22.6 Å². The van der Waals surface area contributed by atoms with Crippen molar-refractivity contribution < 1.29 is 22.7 Å². The van der Waals surface area contributed by atoms with Gasteiger partial charge in [-0.15, -0.1) is 4.40 Å². The van der Waals surface area contributed by atoms with E-state index in [2.05, 4.69) is 9.71 Å². The maximum absolute atomic E-state index is 12.3. The number of sulfonamides is 1. The first-order chi connectivity index (χ1) is 13.9. The summed E-state index contributed by atoms with van der Waals surface area (Å²) in [6, 6.07) is 9.49. The summed E-state index contributed by atoms with van der Waals surface area (Å²) in [7, 11) is -3.46. The van der Waals surface area contributed by atoms with Crippen LogP contribution in [0.1, 0.15) is 31.4 Å². The Labute approximate surface area is 170 Å². The molecule has 2 aliphatic heterocycles. The molecular weight excluding hydrogens is 394 g/mol. The van der Waals surface area contributed by atoms with Gasteiger partial charge in [0.15, 0.2) is 6.61 Å². The van der Waals surface area contributed by atoms with E-state index in [4.69, 9.17) is 4.74 Å². The van der Waals surface area contributed by atoms with E-state index in [-0.39, 0.29) is 35.7 Å². The number of nitrogens with one attached hydrogen (secondary N) is 1. The number of amidine groups is 1. The second-order valence-electron chi connectivity index (χ2n) is 6.74. The fourth-order valence-electron chi connectivity index (χ4n) is 3.07. The van der Waals surface area contributed by atoms with Gasteiger partial charge < -0.3 is 15.0 Å². The molecule has 0 aliphatic carbocycles. The standard InChI is InChI=1S/C20H23N3O5S/c1-2-6-17(15-7-4-3-5-8-15)21-19(24)14-28-20(25)16-9-10-18-22-29(26,27)12-11-23(18)13-16/h3-5,7-10,13,17H,2,6,11-12,14H2,1H3,(H,21,24). The Hall–Kier alpha value is -2.94. The highest BCUT2D eigenvalue weighted by atomic mass is 32.2. The van der Waals surface area contributed by atoms with Crippen LogP contribution in [0.25, 0.3) is 0 Å². The number of fused-ring (bicyclic) bond motifs is 1. The molecule has 1 aromatic rings. The number of carbonyl (C=O) groups excluding carboxylic acids is 2.